The minimum absolute atomic E-state index is 0.108. The molecule has 0 saturated carbocycles. The number of aliphatic imine (C=N–C) groups is 1. The van der Waals surface area contributed by atoms with E-state index < -0.39 is 0 Å². The molecule has 1 aliphatic heterocycles. The van der Waals surface area contributed by atoms with Crippen molar-refractivity contribution in [2.75, 3.05) is 13.1 Å². The SMILES string of the molecule is CCNC1=CC2OC3=C(N=C2C=C1C)C1=C(C=CCC1=O)C(=[NH+]CC)C3. The Morgan fingerprint density at radius 3 is 3.00 bits per heavy atom. The van der Waals surface area contributed by atoms with Gasteiger partial charge in [0.1, 0.15) is 18.0 Å². The molecule has 3 aliphatic carbocycles. The number of carbonyl (C=O) groups excluding carboxylic acids is 1. The van der Waals surface area contributed by atoms with Crippen molar-refractivity contribution in [1.29, 1.82) is 0 Å². The van der Waals surface area contributed by atoms with Crippen molar-refractivity contribution < 1.29 is 14.5 Å². The number of nitrogens with zero attached hydrogens (tertiary/aromatic N) is 1. The Balaban J connectivity index is 1.80. The van der Waals surface area contributed by atoms with Crippen LogP contribution in [0.3, 0.4) is 0 Å². The highest BCUT2D eigenvalue weighted by atomic mass is 16.5. The molecule has 0 amide bonds. The Morgan fingerprint density at radius 1 is 1.38 bits per heavy atom. The van der Waals surface area contributed by atoms with Gasteiger partial charge in [-0.1, -0.05) is 12.2 Å². The normalized spacial score (nSPS) is 25.8. The monoisotopic (exact) mass is 350 g/mol. The molecule has 0 radical (unpaired) electrons. The number of hydrogen-bond donors (Lipinski definition) is 2. The summed E-state index contributed by atoms with van der Waals surface area (Å²) in [6, 6.07) is 0. The van der Waals surface area contributed by atoms with E-state index in [9.17, 15) is 4.79 Å². The summed E-state index contributed by atoms with van der Waals surface area (Å²) >= 11 is 0. The molecule has 0 spiro atoms. The maximum Gasteiger partial charge on any atom is 0.190 e. The Morgan fingerprint density at radius 2 is 2.23 bits per heavy atom. The quantitative estimate of drug-likeness (QED) is 0.805. The highest BCUT2D eigenvalue weighted by molar-refractivity contribution is 6.16. The van der Waals surface area contributed by atoms with E-state index in [0.717, 1.165) is 47.1 Å². The van der Waals surface area contributed by atoms with Gasteiger partial charge >= 0.3 is 0 Å². The third kappa shape index (κ3) is 2.68. The Labute approximate surface area is 153 Å². The van der Waals surface area contributed by atoms with E-state index >= 15 is 0 Å². The largest absolute Gasteiger partial charge is 0.481 e. The lowest BCUT2D eigenvalue weighted by Crippen LogP contribution is -2.73. The van der Waals surface area contributed by atoms with Gasteiger partial charge in [-0.25, -0.2) is 9.98 Å². The van der Waals surface area contributed by atoms with Crippen LogP contribution in [-0.4, -0.2) is 36.4 Å². The van der Waals surface area contributed by atoms with Gasteiger partial charge in [-0.2, -0.15) is 0 Å². The second-order valence-electron chi connectivity index (χ2n) is 6.79. The summed E-state index contributed by atoms with van der Waals surface area (Å²) in [5.74, 6) is 0.897. The number of rotatable bonds is 3. The van der Waals surface area contributed by atoms with Crippen molar-refractivity contribution in [3.63, 3.8) is 0 Å². The molecular weight excluding hydrogens is 326 g/mol. The average molecular weight is 350 g/mol. The minimum atomic E-state index is -0.203. The first kappa shape index (κ1) is 16.8. The number of fused-ring (bicyclic) bond motifs is 2. The molecule has 0 bridgehead atoms. The van der Waals surface area contributed by atoms with Crippen LogP contribution < -0.4 is 10.3 Å². The molecule has 0 aromatic carbocycles. The van der Waals surface area contributed by atoms with Crippen LogP contribution in [-0.2, 0) is 9.53 Å². The smallest absolute Gasteiger partial charge is 0.190 e. The lowest BCUT2D eigenvalue weighted by molar-refractivity contribution is -0.453. The lowest BCUT2D eigenvalue weighted by Gasteiger charge is -2.32. The summed E-state index contributed by atoms with van der Waals surface area (Å²) in [6.07, 6.45) is 8.96. The molecule has 26 heavy (non-hydrogen) atoms. The molecule has 5 nitrogen and oxygen atoms in total. The highest BCUT2D eigenvalue weighted by Gasteiger charge is 2.38. The summed E-state index contributed by atoms with van der Waals surface area (Å²) in [5, 5.41) is 3.37. The van der Waals surface area contributed by atoms with Gasteiger partial charge < -0.3 is 10.1 Å². The van der Waals surface area contributed by atoms with Gasteiger partial charge in [0.2, 0.25) is 0 Å². The van der Waals surface area contributed by atoms with Gasteiger partial charge in [0.25, 0.3) is 0 Å². The first-order valence-corrected chi connectivity index (χ1v) is 9.29. The van der Waals surface area contributed by atoms with Gasteiger partial charge in [-0.3, -0.25) is 4.79 Å². The van der Waals surface area contributed by atoms with Crippen LogP contribution in [0.25, 0.3) is 0 Å². The summed E-state index contributed by atoms with van der Waals surface area (Å²) in [6.45, 7) is 7.87. The van der Waals surface area contributed by atoms with Crippen molar-refractivity contribution in [2.24, 2.45) is 4.99 Å². The number of carbonyl (C=O) groups is 1. The van der Waals surface area contributed by atoms with Gasteiger partial charge in [-0.05, 0) is 38.5 Å². The van der Waals surface area contributed by atoms with Gasteiger partial charge in [0.05, 0.1) is 23.3 Å². The molecule has 0 aromatic heterocycles. The van der Waals surface area contributed by atoms with Crippen LogP contribution in [0.1, 0.15) is 33.6 Å². The van der Waals surface area contributed by atoms with Gasteiger partial charge in [0.15, 0.2) is 17.6 Å². The van der Waals surface area contributed by atoms with Gasteiger partial charge in [-0.15, -0.1) is 0 Å². The van der Waals surface area contributed by atoms with E-state index in [-0.39, 0.29) is 11.9 Å². The molecule has 1 heterocycles. The number of nitrogens with one attached hydrogen (secondary N) is 2. The van der Waals surface area contributed by atoms with Crippen molar-refractivity contribution in [3.05, 3.63) is 58.2 Å². The minimum Gasteiger partial charge on any atom is -0.481 e. The van der Waals surface area contributed by atoms with Crippen molar-refractivity contribution >= 4 is 17.2 Å². The van der Waals surface area contributed by atoms with Gasteiger partial charge in [0, 0.05) is 18.7 Å². The van der Waals surface area contributed by atoms with Crippen LogP contribution in [0, 0.1) is 0 Å². The second-order valence-corrected chi connectivity index (χ2v) is 6.79. The van der Waals surface area contributed by atoms with Crippen LogP contribution in [0.2, 0.25) is 0 Å². The summed E-state index contributed by atoms with van der Waals surface area (Å²) in [4.78, 5) is 20.9. The third-order valence-electron chi connectivity index (χ3n) is 4.97. The first-order chi connectivity index (χ1) is 12.6. The van der Waals surface area contributed by atoms with Crippen molar-refractivity contribution in [1.82, 2.24) is 5.32 Å². The maximum atomic E-state index is 12.6. The number of allylic oxidation sites excluding steroid dienone is 6. The van der Waals surface area contributed by atoms with E-state index in [1.807, 2.05) is 12.2 Å². The fourth-order valence-corrected chi connectivity index (χ4v) is 3.81. The molecule has 0 aromatic rings. The molecule has 134 valence electrons. The zero-order valence-corrected chi connectivity index (χ0v) is 15.5. The number of hydrogen-bond acceptors (Lipinski definition) is 4. The number of Topliss-reactive ketones (excluding diaryl/α,β-unsaturated/α-hetero) is 1. The molecule has 1 atom stereocenters. The van der Waals surface area contributed by atoms with Crippen LogP contribution >= 0.6 is 0 Å². The molecular formula is C21H24N3O2+. The van der Waals surface area contributed by atoms with E-state index in [0.29, 0.717) is 24.1 Å². The summed E-state index contributed by atoms with van der Waals surface area (Å²) in [7, 11) is 0. The Kier molecular flexibility index (Phi) is 4.23. The lowest BCUT2D eigenvalue weighted by atomic mass is 9.84. The van der Waals surface area contributed by atoms with E-state index in [4.69, 9.17) is 9.73 Å². The van der Waals surface area contributed by atoms with Crippen molar-refractivity contribution in [3.8, 4) is 0 Å². The molecule has 1 unspecified atom stereocenters. The molecule has 4 aliphatic rings. The molecule has 0 saturated heterocycles. The predicted molar refractivity (Wildman–Crippen MR) is 102 cm³/mol. The van der Waals surface area contributed by atoms with E-state index in [1.165, 1.54) is 0 Å². The third-order valence-corrected chi connectivity index (χ3v) is 4.97. The second kappa shape index (κ2) is 6.56. The Hall–Kier alpha value is -2.69. The van der Waals surface area contributed by atoms with E-state index in [1.54, 1.807) is 0 Å². The Bertz CT molecular complexity index is 894. The number of likely N-dealkylation sites (N-methyl/N-ethyl adjacent to an activating group) is 1. The van der Waals surface area contributed by atoms with Crippen LogP contribution in [0.15, 0.2) is 63.2 Å². The fourth-order valence-electron chi connectivity index (χ4n) is 3.81. The molecule has 4 rings (SSSR count). The van der Waals surface area contributed by atoms with Crippen LogP contribution in [0.5, 0.6) is 0 Å². The highest BCUT2D eigenvalue weighted by Crippen LogP contribution is 2.38. The molecule has 0 fully saturated rings. The topological polar surface area (TPSA) is 64.7 Å². The van der Waals surface area contributed by atoms with E-state index in [2.05, 4.69) is 43.2 Å². The summed E-state index contributed by atoms with van der Waals surface area (Å²) in [5.41, 5.74) is 6.51. The zero-order valence-electron chi connectivity index (χ0n) is 15.5. The number of ketones is 1. The maximum absolute atomic E-state index is 12.6. The number of ether oxygens (including phenoxy) is 1. The standard InChI is InChI=1S/C21H23N3O2/c1-4-22-14-10-18-16(9-12(14)3)24-21-19(26-18)11-15(23-5-2)13-7-6-8-17(25)20(13)21/h6-7,9-10,18,22H,4-5,8,11H2,1-3H3/p+1. The molecule has 2 N–H and O–H groups in total. The summed E-state index contributed by atoms with van der Waals surface area (Å²) < 4.78 is 6.31. The zero-order chi connectivity index (χ0) is 18.3. The van der Waals surface area contributed by atoms with Crippen molar-refractivity contribution in [2.45, 2.75) is 39.7 Å². The first-order valence-electron chi connectivity index (χ1n) is 9.29. The molecule has 5 heteroatoms. The van der Waals surface area contributed by atoms with Crippen LogP contribution in [0.4, 0.5) is 0 Å². The average Bonchev–Trinajstić information content (AvgIpc) is 2.62. The fraction of sp³-hybridized carbons (Fsp3) is 0.381. The predicted octanol–water partition coefficient (Wildman–Crippen LogP) is 1.26.